The molecule has 0 spiro atoms. The van der Waals surface area contributed by atoms with Gasteiger partial charge >= 0.3 is 18.1 Å². The predicted molar refractivity (Wildman–Crippen MR) is 106 cm³/mol. The number of benzene rings is 1. The van der Waals surface area contributed by atoms with Crippen LogP contribution in [0.5, 0.6) is 5.75 Å². The Kier molecular flexibility index (Phi) is 11.9. The van der Waals surface area contributed by atoms with Crippen LogP contribution in [-0.2, 0) is 16.0 Å². The van der Waals surface area contributed by atoms with E-state index in [1.54, 1.807) is 0 Å². The van der Waals surface area contributed by atoms with Crippen molar-refractivity contribution in [2.24, 2.45) is 5.92 Å². The van der Waals surface area contributed by atoms with Crippen molar-refractivity contribution >= 4 is 11.9 Å². The number of alkyl halides is 3. The van der Waals surface area contributed by atoms with Gasteiger partial charge in [-0.1, -0.05) is 37.8 Å². The van der Waals surface area contributed by atoms with Crippen LogP contribution in [0.1, 0.15) is 50.5 Å². The van der Waals surface area contributed by atoms with Crippen LogP contribution in [0.3, 0.4) is 0 Å². The molecule has 0 atom stereocenters. The van der Waals surface area contributed by atoms with Gasteiger partial charge in [-0.3, -0.25) is 4.79 Å². The Hall–Kier alpha value is -2.29. The number of rotatable bonds is 11. The van der Waals surface area contributed by atoms with Crippen LogP contribution in [0.4, 0.5) is 13.2 Å². The summed E-state index contributed by atoms with van der Waals surface area (Å²) in [4.78, 5) is 19.3. The van der Waals surface area contributed by atoms with Gasteiger partial charge in [0.1, 0.15) is 5.75 Å². The fourth-order valence-electron chi connectivity index (χ4n) is 3.17. The van der Waals surface area contributed by atoms with Gasteiger partial charge in [0.2, 0.25) is 0 Å². The molecule has 2 rings (SSSR count). The van der Waals surface area contributed by atoms with E-state index in [1.807, 2.05) is 6.07 Å². The zero-order chi connectivity index (χ0) is 22.4. The second-order valence-electron chi connectivity index (χ2n) is 7.24. The van der Waals surface area contributed by atoms with Gasteiger partial charge in [-0.2, -0.15) is 13.2 Å². The molecule has 0 bridgehead atoms. The molecule has 1 fully saturated rings. The van der Waals surface area contributed by atoms with Gasteiger partial charge in [0.15, 0.2) is 0 Å². The minimum absolute atomic E-state index is 0.185. The van der Waals surface area contributed by atoms with Gasteiger partial charge < -0.3 is 20.3 Å². The van der Waals surface area contributed by atoms with E-state index < -0.39 is 18.1 Å². The first-order valence-electron chi connectivity index (χ1n) is 10.1. The summed E-state index contributed by atoms with van der Waals surface area (Å²) in [6.07, 6.45) is 3.80. The quantitative estimate of drug-likeness (QED) is 0.451. The number of halogens is 3. The maximum absolute atomic E-state index is 10.6. The van der Waals surface area contributed by atoms with Gasteiger partial charge in [0.25, 0.3) is 0 Å². The van der Waals surface area contributed by atoms with Crippen LogP contribution >= 0.6 is 0 Å². The predicted octanol–water partition coefficient (Wildman–Crippen LogP) is 4.28. The topological polar surface area (TPSA) is 95.9 Å². The van der Waals surface area contributed by atoms with E-state index in [2.05, 4.69) is 23.5 Å². The summed E-state index contributed by atoms with van der Waals surface area (Å²) in [5.74, 6) is -1.66. The molecule has 1 aromatic rings. The van der Waals surface area contributed by atoms with E-state index in [0.717, 1.165) is 37.7 Å². The molecule has 1 aliphatic carbocycles. The first-order chi connectivity index (χ1) is 14.2. The van der Waals surface area contributed by atoms with Crippen LogP contribution in [0.15, 0.2) is 24.3 Å². The first kappa shape index (κ1) is 25.7. The van der Waals surface area contributed by atoms with Crippen LogP contribution in [0, 0.1) is 5.92 Å². The van der Waals surface area contributed by atoms with Crippen LogP contribution in [0.2, 0.25) is 0 Å². The molecule has 1 saturated carbocycles. The van der Waals surface area contributed by atoms with E-state index >= 15 is 0 Å². The van der Waals surface area contributed by atoms with E-state index in [-0.39, 0.29) is 6.42 Å². The van der Waals surface area contributed by atoms with E-state index in [4.69, 9.17) is 19.7 Å². The Morgan fingerprint density at radius 1 is 1.13 bits per heavy atom. The Morgan fingerprint density at radius 2 is 1.80 bits per heavy atom. The summed E-state index contributed by atoms with van der Waals surface area (Å²) >= 11 is 0. The average molecular weight is 433 g/mol. The number of aliphatic carboxylic acids is 2. The van der Waals surface area contributed by atoms with Gasteiger partial charge in [0.05, 0.1) is 13.0 Å². The standard InChI is InChI=1S/C19H29NO3.C2HF3O2/c21-19(22)10-13-20-12-4-8-17-7-3-9-18(15-17)23-14-11-16-5-1-2-6-16;3-2(4,5)1(6)7/h3,7,9,15-16,20H,1-2,4-6,8,10-14H2,(H,21,22);(H,6,7). The minimum Gasteiger partial charge on any atom is -0.494 e. The summed E-state index contributed by atoms with van der Waals surface area (Å²) in [5.41, 5.74) is 1.28. The van der Waals surface area contributed by atoms with Gasteiger partial charge in [0, 0.05) is 6.54 Å². The summed E-state index contributed by atoms with van der Waals surface area (Å²) in [6, 6.07) is 8.34. The van der Waals surface area contributed by atoms with Crippen molar-refractivity contribution in [2.75, 3.05) is 19.7 Å². The highest BCUT2D eigenvalue weighted by atomic mass is 19.4. The number of hydrogen-bond donors (Lipinski definition) is 3. The van der Waals surface area contributed by atoms with Crippen molar-refractivity contribution in [1.82, 2.24) is 5.32 Å². The summed E-state index contributed by atoms with van der Waals surface area (Å²) in [7, 11) is 0. The molecule has 0 aliphatic heterocycles. The molecule has 1 aliphatic rings. The van der Waals surface area contributed by atoms with E-state index in [9.17, 15) is 18.0 Å². The number of aryl methyl sites for hydroxylation is 1. The van der Waals surface area contributed by atoms with E-state index in [1.165, 1.54) is 37.7 Å². The van der Waals surface area contributed by atoms with Crippen molar-refractivity contribution < 1.29 is 37.7 Å². The lowest BCUT2D eigenvalue weighted by Crippen LogP contribution is -2.21. The van der Waals surface area contributed by atoms with Gasteiger partial charge in [-0.05, 0) is 49.4 Å². The average Bonchev–Trinajstić information content (AvgIpc) is 3.18. The third-order valence-electron chi connectivity index (χ3n) is 4.75. The number of ether oxygens (including phenoxy) is 1. The normalized spacial score (nSPS) is 14.1. The number of carbonyl (C=O) groups is 2. The van der Waals surface area contributed by atoms with Crippen LogP contribution in [0.25, 0.3) is 0 Å². The largest absolute Gasteiger partial charge is 0.494 e. The third kappa shape index (κ3) is 12.3. The molecule has 0 amide bonds. The summed E-state index contributed by atoms with van der Waals surface area (Å²) in [5, 5.41) is 18.8. The number of nitrogens with one attached hydrogen (secondary N) is 1. The smallest absolute Gasteiger partial charge is 0.490 e. The number of hydrogen-bond acceptors (Lipinski definition) is 4. The van der Waals surface area contributed by atoms with Crippen LogP contribution < -0.4 is 10.1 Å². The molecular weight excluding hydrogens is 403 g/mol. The lowest BCUT2D eigenvalue weighted by Gasteiger charge is -2.11. The number of carboxylic acids is 2. The van der Waals surface area contributed by atoms with E-state index in [0.29, 0.717) is 6.54 Å². The molecule has 0 unspecified atom stereocenters. The zero-order valence-corrected chi connectivity index (χ0v) is 16.9. The molecule has 6 nitrogen and oxygen atoms in total. The molecule has 1 aromatic carbocycles. The molecule has 170 valence electrons. The molecule has 0 heterocycles. The summed E-state index contributed by atoms with van der Waals surface area (Å²) < 4.78 is 37.6. The lowest BCUT2D eigenvalue weighted by molar-refractivity contribution is -0.192. The molecule has 9 heteroatoms. The summed E-state index contributed by atoms with van der Waals surface area (Å²) in [6.45, 7) is 2.21. The Bertz CT molecular complexity index is 646. The molecule has 0 radical (unpaired) electrons. The maximum Gasteiger partial charge on any atom is 0.490 e. The van der Waals surface area contributed by atoms with Crippen molar-refractivity contribution in [3.05, 3.63) is 29.8 Å². The van der Waals surface area contributed by atoms with Crippen molar-refractivity contribution in [2.45, 2.75) is 57.5 Å². The Balaban J connectivity index is 0.000000553. The highest BCUT2D eigenvalue weighted by molar-refractivity contribution is 5.73. The fraction of sp³-hybridized carbons (Fsp3) is 0.619. The Labute approximate surface area is 174 Å². The molecule has 0 saturated heterocycles. The monoisotopic (exact) mass is 433 g/mol. The molecule has 0 aromatic heterocycles. The van der Waals surface area contributed by atoms with Crippen molar-refractivity contribution in [1.29, 1.82) is 0 Å². The minimum atomic E-state index is -5.08. The second-order valence-corrected chi connectivity index (χ2v) is 7.24. The highest BCUT2D eigenvalue weighted by Crippen LogP contribution is 2.27. The van der Waals surface area contributed by atoms with Gasteiger partial charge in [-0.25, -0.2) is 4.79 Å². The first-order valence-corrected chi connectivity index (χ1v) is 10.1. The zero-order valence-electron chi connectivity index (χ0n) is 16.9. The van der Waals surface area contributed by atoms with Crippen molar-refractivity contribution in [3.63, 3.8) is 0 Å². The lowest BCUT2D eigenvalue weighted by atomic mass is 10.1. The second kappa shape index (κ2) is 13.8. The highest BCUT2D eigenvalue weighted by Gasteiger charge is 2.38. The molecule has 30 heavy (non-hydrogen) atoms. The Morgan fingerprint density at radius 3 is 2.40 bits per heavy atom. The van der Waals surface area contributed by atoms with Crippen LogP contribution in [-0.4, -0.2) is 48.0 Å². The number of carboxylic acid groups (broad SMARTS) is 2. The maximum atomic E-state index is 10.6. The third-order valence-corrected chi connectivity index (χ3v) is 4.75. The fourth-order valence-corrected chi connectivity index (χ4v) is 3.17. The van der Waals surface area contributed by atoms with Gasteiger partial charge in [-0.15, -0.1) is 0 Å². The van der Waals surface area contributed by atoms with Crippen molar-refractivity contribution in [3.8, 4) is 5.75 Å². The SMILES string of the molecule is O=C(O)C(F)(F)F.O=C(O)CCNCCCc1cccc(OCCC2CCCC2)c1. The molecular formula is C21H30F3NO5. The molecule has 3 N–H and O–H groups in total.